The number of unbranched alkanes of at least 4 members (excludes halogenated alkanes) is 1. The summed E-state index contributed by atoms with van der Waals surface area (Å²) in [7, 11) is 0. The van der Waals surface area contributed by atoms with E-state index in [1.54, 1.807) is 0 Å². The molecule has 0 amide bonds. The van der Waals surface area contributed by atoms with Crippen molar-refractivity contribution in [2.75, 3.05) is 0 Å². The molecule has 0 aliphatic carbocycles. The number of hydrogen-bond acceptors (Lipinski definition) is 2. The van der Waals surface area contributed by atoms with Crippen molar-refractivity contribution < 1.29 is 4.92 Å². The van der Waals surface area contributed by atoms with E-state index in [1.165, 1.54) is 0 Å². The third kappa shape index (κ3) is 4.27. The molecular weight excluding hydrogens is 138 g/mol. The van der Waals surface area contributed by atoms with Crippen LogP contribution in [0.4, 0.5) is 0 Å². The molecular formula is C5H10NO2S. The van der Waals surface area contributed by atoms with Crippen LogP contribution in [0.15, 0.2) is 0 Å². The van der Waals surface area contributed by atoms with Gasteiger partial charge in [0.05, 0.1) is 0 Å². The average Bonchev–Trinajstić information content (AvgIpc) is 1.82. The van der Waals surface area contributed by atoms with E-state index in [0.29, 0.717) is 6.42 Å². The van der Waals surface area contributed by atoms with Gasteiger partial charge in [0.1, 0.15) is 0 Å². The van der Waals surface area contributed by atoms with Crippen LogP contribution < -0.4 is 0 Å². The van der Waals surface area contributed by atoms with Gasteiger partial charge >= 0.3 is 0 Å². The largest absolute Gasteiger partial charge is 0.268 e. The van der Waals surface area contributed by atoms with Gasteiger partial charge in [0.2, 0.25) is 0 Å². The molecule has 0 rings (SSSR count). The SMILES string of the molecule is CCCCC([S])[N+](=O)[O-]. The minimum Gasteiger partial charge on any atom is -0.263 e. The van der Waals surface area contributed by atoms with E-state index in [9.17, 15) is 10.1 Å². The Kier molecular flexibility index (Phi) is 4.48. The molecule has 1 atom stereocenters. The highest BCUT2D eigenvalue weighted by Gasteiger charge is 2.12. The van der Waals surface area contributed by atoms with Crippen molar-refractivity contribution in [3.05, 3.63) is 10.1 Å². The van der Waals surface area contributed by atoms with Gasteiger partial charge in [-0.1, -0.05) is 13.3 Å². The van der Waals surface area contributed by atoms with Gasteiger partial charge in [-0.25, -0.2) is 0 Å². The van der Waals surface area contributed by atoms with E-state index in [2.05, 4.69) is 12.6 Å². The summed E-state index contributed by atoms with van der Waals surface area (Å²) >= 11 is 4.53. The van der Waals surface area contributed by atoms with Gasteiger partial charge in [0.15, 0.2) is 0 Å². The number of nitro groups is 1. The second kappa shape index (κ2) is 4.61. The lowest BCUT2D eigenvalue weighted by atomic mass is 10.2. The van der Waals surface area contributed by atoms with E-state index >= 15 is 0 Å². The molecule has 0 spiro atoms. The Bertz CT molecular complexity index is 97.0. The topological polar surface area (TPSA) is 43.1 Å². The molecule has 0 aromatic carbocycles. The van der Waals surface area contributed by atoms with Gasteiger partial charge in [-0.2, -0.15) is 0 Å². The number of nitrogens with zero attached hydrogens (tertiary/aromatic N) is 1. The van der Waals surface area contributed by atoms with Crippen LogP contribution in [0.25, 0.3) is 0 Å². The van der Waals surface area contributed by atoms with Gasteiger partial charge in [0, 0.05) is 11.3 Å². The van der Waals surface area contributed by atoms with E-state index < -0.39 is 10.3 Å². The Balaban J connectivity index is 3.27. The zero-order chi connectivity index (χ0) is 7.28. The van der Waals surface area contributed by atoms with Gasteiger partial charge in [0.25, 0.3) is 5.37 Å². The maximum atomic E-state index is 9.91. The Labute approximate surface area is 60.0 Å². The summed E-state index contributed by atoms with van der Waals surface area (Å²) in [5, 5.41) is 9.13. The standard InChI is InChI=1S/C5H10NO2S/c1-2-3-4-5(9)6(7)8/h5H,2-4H2,1H3. The van der Waals surface area contributed by atoms with E-state index in [1.807, 2.05) is 6.92 Å². The first-order valence-corrected chi connectivity index (χ1v) is 3.45. The Morgan fingerprint density at radius 2 is 2.33 bits per heavy atom. The summed E-state index contributed by atoms with van der Waals surface area (Å²) in [5.41, 5.74) is 0. The first-order valence-electron chi connectivity index (χ1n) is 2.97. The maximum Gasteiger partial charge on any atom is 0.268 e. The highest BCUT2D eigenvalue weighted by molar-refractivity contribution is 7.80. The fourth-order valence-corrected chi connectivity index (χ4v) is 0.651. The first-order chi connectivity index (χ1) is 4.18. The van der Waals surface area contributed by atoms with Crippen molar-refractivity contribution in [2.45, 2.75) is 31.6 Å². The molecule has 0 aromatic rings. The maximum absolute atomic E-state index is 9.91. The predicted molar refractivity (Wildman–Crippen MR) is 37.9 cm³/mol. The van der Waals surface area contributed by atoms with Crippen LogP contribution in [0.1, 0.15) is 26.2 Å². The lowest BCUT2D eigenvalue weighted by Gasteiger charge is -1.97. The molecule has 1 radical (unpaired) electrons. The molecule has 0 saturated heterocycles. The third-order valence-corrected chi connectivity index (χ3v) is 1.45. The second-order valence-electron chi connectivity index (χ2n) is 1.88. The van der Waals surface area contributed by atoms with Crippen molar-refractivity contribution in [3.63, 3.8) is 0 Å². The van der Waals surface area contributed by atoms with Crippen molar-refractivity contribution in [1.29, 1.82) is 0 Å². The smallest absolute Gasteiger partial charge is 0.263 e. The lowest BCUT2D eigenvalue weighted by molar-refractivity contribution is -0.495. The normalized spacial score (nSPS) is 13.1. The van der Waals surface area contributed by atoms with Crippen molar-refractivity contribution >= 4 is 12.6 Å². The molecule has 0 bridgehead atoms. The lowest BCUT2D eigenvalue weighted by Crippen LogP contribution is -2.11. The molecule has 0 aliphatic heterocycles. The van der Waals surface area contributed by atoms with Gasteiger partial charge in [-0.15, -0.1) is 0 Å². The van der Waals surface area contributed by atoms with Crippen LogP contribution in [-0.2, 0) is 0 Å². The summed E-state index contributed by atoms with van der Waals surface area (Å²) in [6.07, 6.45) is 2.36. The highest BCUT2D eigenvalue weighted by Crippen LogP contribution is 2.06. The molecule has 53 valence electrons. The first kappa shape index (κ1) is 8.75. The van der Waals surface area contributed by atoms with Crippen molar-refractivity contribution in [1.82, 2.24) is 0 Å². The third-order valence-electron chi connectivity index (χ3n) is 1.04. The quantitative estimate of drug-likeness (QED) is 0.452. The van der Waals surface area contributed by atoms with Crippen LogP contribution in [-0.4, -0.2) is 10.3 Å². The second-order valence-corrected chi connectivity index (χ2v) is 2.43. The fourth-order valence-electron chi connectivity index (χ4n) is 0.484. The minimum atomic E-state index is -0.773. The zero-order valence-electron chi connectivity index (χ0n) is 5.37. The summed E-state index contributed by atoms with van der Waals surface area (Å²) < 4.78 is 0. The highest BCUT2D eigenvalue weighted by atomic mass is 32.1. The van der Waals surface area contributed by atoms with Crippen LogP contribution in [0, 0.1) is 10.1 Å². The van der Waals surface area contributed by atoms with E-state index in [4.69, 9.17) is 0 Å². The fraction of sp³-hybridized carbons (Fsp3) is 1.00. The van der Waals surface area contributed by atoms with Crippen LogP contribution in [0.5, 0.6) is 0 Å². The summed E-state index contributed by atoms with van der Waals surface area (Å²) in [4.78, 5) is 9.49. The summed E-state index contributed by atoms with van der Waals surface area (Å²) in [6, 6.07) is 0. The molecule has 0 aromatic heterocycles. The molecule has 0 fully saturated rings. The molecule has 1 unspecified atom stereocenters. The average molecular weight is 148 g/mol. The van der Waals surface area contributed by atoms with Crippen LogP contribution in [0.3, 0.4) is 0 Å². The van der Waals surface area contributed by atoms with Gasteiger partial charge < -0.3 is 0 Å². The summed E-state index contributed by atoms with van der Waals surface area (Å²) in [5.74, 6) is 0. The van der Waals surface area contributed by atoms with Crippen molar-refractivity contribution in [3.8, 4) is 0 Å². The minimum absolute atomic E-state index is 0.412. The molecule has 9 heavy (non-hydrogen) atoms. The van der Waals surface area contributed by atoms with Crippen molar-refractivity contribution in [2.24, 2.45) is 0 Å². The zero-order valence-corrected chi connectivity index (χ0v) is 6.19. The Hall–Kier alpha value is -0.250. The molecule has 0 saturated carbocycles. The molecule has 0 heterocycles. The van der Waals surface area contributed by atoms with Gasteiger partial charge in [-0.3, -0.25) is 10.1 Å². The molecule has 0 N–H and O–H groups in total. The van der Waals surface area contributed by atoms with E-state index in [-0.39, 0.29) is 0 Å². The monoisotopic (exact) mass is 148 g/mol. The Morgan fingerprint density at radius 1 is 1.78 bits per heavy atom. The van der Waals surface area contributed by atoms with Crippen LogP contribution in [0.2, 0.25) is 0 Å². The number of hydrogen-bond donors (Lipinski definition) is 0. The van der Waals surface area contributed by atoms with Crippen LogP contribution >= 0.6 is 12.6 Å². The number of rotatable bonds is 4. The van der Waals surface area contributed by atoms with Gasteiger partial charge in [-0.05, 0) is 19.0 Å². The summed E-state index contributed by atoms with van der Waals surface area (Å²) in [6.45, 7) is 1.99. The van der Waals surface area contributed by atoms with E-state index in [0.717, 1.165) is 12.8 Å². The Morgan fingerprint density at radius 3 is 2.67 bits per heavy atom. The molecule has 3 nitrogen and oxygen atoms in total. The molecule has 4 heteroatoms. The predicted octanol–water partition coefficient (Wildman–Crippen LogP) is 1.98. The molecule has 0 aliphatic rings.